The Kier molecular flexibility index (Phi) is 6.04. The van der Waals surface area contributed by atoms with E-state index in [0.29, 0.717) is 29.9 Å². The number of aromatic nitrogens is 2. The van der Waals surface area contributed by atoms with Gasteiger partial charge in [0.15, 0.2) is 18.2 Å². The van der Waals surface area contributed by atoms with Gasteiger partial charge >= 0.3 is 0 Å². The maximum atomic E-state index is 13.8. The predicted molar refractivity (Wildman–Crippen MR) is 109 cm³/mol. The maximum absolute atomic E-state index is 13.8. The highest BCUT2D eigenvalue weighted by Gasteiger charge is 2.24. The molecule has 1 fully saturated rings. The van der Waals surface area contributed by atoms with Gasteiger partial charge in [0.2, 0.25) is 0 Å². The molecule has 1 saturated heterocycles. The summed E-state index contributed by atoms with van der Waals surface area (Å²) < 4.78 is 24.8. The zero-order chi connectivity index (χ0) is 20.9. The Balaban J connectivity index is 1.52. The van der Waals surface area contributed by atoms with Crippen molar-refractivity contribution in [3.8, 4) is 5.75 Å². The van der Waals surface area contributed by atoms with E-state index in [1.165, 1.54) is 17.0 Å². The lowest BCUT2D eigenvalue weighted by atomic mass is 10.2. The molecule has 156 valence electrons. The molecule has 2 heterocycles. The Morgan fingerprint density at radius 3 is 2.83 bits per heavy atom. The van der Waals surface area contributed by atoms with Gasteiger partial charge in [0, 0.05) is 13.2 Å². The number of carbonyl (C=O) groups is 1. The van der Waals surface area contributed by atoms with Crippen LogP contribution < -0.4 is 10.3 Å². The van der Waals surface area contributed by atoms with Crippen LogP contribution in [0.25, 0.3) is 10.9 Å². The Morgan fingerprint density at radius 1 is 1.23 bits per heavy atom. The molecule has 4 rings (SSSR count). The Morgan fingerprint density at radius 2 is 2.03 bits per heavy atom. The van der Waals surface area contributed by atoms with Gasteiger partial charge in [0.1, 0.15) is 5.82 Å². The quantitative estimate of drug-likeness (QED) is 0.646. The first kappa shape index (κ1) is 20.0. The molecule has 1 aliphatic heterocycles. The first-order chi connectivity index (χ1) is 14.6. The van der Waals surface area contributed by atoms with E-state index in [2.05, 4.69) is 9.97 Å². The summed E-state index contributed by atoms with van der Waals surface area (Å²) in [7, 11) is 0. The zero-order valence-corrected chi connectivity index (χ0v) is 16.3. The number of aromatic amines is 1. The SMILES string of the molecule is O=C(COc1ccccc1F)N(Cc1nc2ccccc2c(=O)[nH]1)C[C@@H]1CCCO1. The first-order valence-corrected chi connectivity index (χ1v) is 9.85. The fraction of sp³-hybridized carbons (Fsp3) is 0.318. The molecule has 30 heavy (non-hydrogen) atoms. The molecule has 1 aromatic heterocycles. The number of H-pyrrole nitrogens is 1. The van der Waals surface area contributed by atoms with Gasteiger partial charge in [-0.3, -0.25) is 9.59 Å². The molecule has 1 amide bonds. The van der Waals surface area contributed by atoms with Crippen LogP contribution in [0.2, 0.25) is 0 Å². The number of fused-ring (bicyclic) bond motifs is 1. The van der Waals surface area contributed by atoms with E-state index in [-0.39, 0.29) is 36.5 Å². The van der Waals surface area contributed by atoms with Crippen LogP contribution in [0.4, 0.5) is 4.39 Å². The number of hydrogen-bond donors (Lipinski definition) is 1. The van der Waals surface area contributed by atoms with Crippen molar-refractivity contribution in [3.63, 3.8) is 0 Å². The monoisotopic (exact) mass is 411 g/mol. The maximum Gasteiger partial charge on any atom is 0.261 e. The van der Waals surface area contributed by atoms with Crippen LogP contribution in [0.5, 0.6) is 5.75 Å². The number of para-hydroxylation sites is 2. The van der Waals surface area contributed by atoms with E-state index < -0.39 is 5.82 Å². The van der Waals surface area contributed by atoms with Crippen molar-refractivity contribution in [1.82, 2.24) is 14.9 Å². The molecule has 1 N–H and O–H groups in total. The van der Waals surface area contributed by atoms with Crippen LogP contribution in [0, 0.1) is 5.82 Å². The molecule has 0 unspecified atom stereocenters. The first-order valence-electron chi connectivity index (χ1n) is 9.85. The number of rotatable bonds is 7. The Labute approximate surface area is 172 Å². The molecule has 0 bridgehead atoms. The van der Waals surface area contributed by atoms with Gasteiger partial charge in [0.05, 0.1) is 23.6 Å². The van der Waals surface area contributed by atoms with Crippen molar-refractivity contribution in [2.24, 2.45) is 0 Å². The number of nitrogens with one attached hydrogen (secondary N) is 1. The summed E-state index contributed by atoms with van der Waals surface area (Å²) in [6.07, 6.45) is 1.69. The molecule has 3 aromatic rings. The minimum Gasteiger partial charge on any atom is -0.481 e. The van der Waals surface area contributed by atoms with Crippen LogP contribution in [0.15, 0.2) is 53.3 Å². The second-order valence-electron chi connectivity index (χ2n) is 7.16. The molecule has 7 nitrogen and oxygen atoms in total. The third-order valence-corrected chi connectivity index (χ3v) is 4.99. The number of carbonyl (C=O) groups excluding carboxylic acids is 1. The summed E-state index contributed by atoms with van der Waals surface area (Å²) in [5, 5.41) is 0.487. The number of benzene rings is 2. The number of nitrogens with zero attached hydrogens (tertiary/aromatic N) is 2. The highest BCUT2D eigenvalue weighted by Crippen LogP contribution is 2.17. The van der Waals surface area contributed by atoms with Gasteiger partial charge in [-0.25, -0.2) is 9.37 Å². The van der Waals surface area contributed by atoms with Crippen LogP contribution in [0.3, 0.4) is 0 Å². The topological polar surface area (TPSA) is 84.5 Å². The summed E-state index contributed by atoms with van der Waals surface area (Å²) in [5.41, 5.74) is 0.297. The number of hydrogen-bond acceptors (Lipinski definition) is 5. The summed E-state index contributed by atoms with van der Waals surface area (Å²) in [4.78, 5) is 34.0. The molecule has 8 heteroatoms. The molecule has 1 atom stereocenters. The van der Waals surface area contributed by atoms with Crippen LogP contribution in [-0.2, 0) is 16.1 Å². The second-order valence-corrected chi connectivity index (χ2v) is 7.16. The number of amides is 1. The van der Waals surface area contributed by atoms with E-state index in [1.807, 2.05) is 0 Å². The van der Waals surface area contributed by atoms with E-state index in [9.17, 15) is 14.0 Å². The summed E-state index contributed by atoms with van der Waals surface area (Å²) in [5.74, 6) is -0.489. The van der Waals surface area contributed by atoms with E-state index in [4.69, 9.17) is 9.47 Å². The van der Waals surface area contributed by atoms with Crippen LogP contribution >= 0.6 is 0 Å². The van der Waals surface area contributed by atoms with Crippen LogP contribution in [0.1, 0.15) is 18.7 Å². The van der Waals surface area contributed by atoms with Gasteiger partial charge < -0.3 is 19.4 Å². The van der Waals surface area contributed by atoms with Gasteiger partial charge in [-0.1, -0.05) is 24.3 Å². The van der Waals surface area contributed by atoms with Crippen molar-refractivity contribution >= 4 is 16.8 Å². The molecular weight excluding hydrogens is 389 g/mol. The van der Waals surface area contributed by atoms with Gasteiger partial charge in [0.25, 0.3) is 11.5 Å². The van der Waals surface area contributed by atoms with E-state index in [0.717, 1.165) is 12.8 Å². The molecule has 0 radical (unpaired) electrons. The average Bonchev–Trinajstić information content (AvgIpc) is 3.26. The minimum absolute atomic E-state index is 0.0140. The third-order valence-electron chi connectivity index (χ3n) is 4.99. The van der Waals surface area contributed by atoms with Crippen molar-refractivity contribution in [2.45, 2.75) is 25.5 Å². The molecule has 0 spiro atoms. The Bertz CT molecular complexity index is 1090. The highest BCUT2D eigenvalue weighted by molar-refractivity contribution is 5.78. The summed E-state index contributed by atoms with van der Waals surface area (Å²) in [6, 6.07) is 12.9. The van der Waals surface area contributed by atoms with E-state index >= 15 is 0 Å². The molecule has 0 aliphatic carbocycles. The van der Waals surface area contributed by atoms with Crippen molar-refractivity contribution in [1.29, 1.82) is 0 Å². The normalized spacial score (nSPS) is 16.0. The fourth-order valence-electron chi connectivity index (χ4n) is 3.47. The second kappa shape index (κ2) is 9.04. The van der Waals surface area contributed by atoms with Gasteiger partial charge in [-0.15, -0.1) is 0 Å². The number of halogens is 1. The fourth-order valence-corrected chi connectivity index (χ4v) is 3.47. The lowest BCUT2D eigenvalue weighted by Gasteiger charge is -2.25. The number of ether oxygens (including phenoxy) is 2. The molecule has 0 saturated carbocycles. The average molecular weight is 411 g/mol. The van der Waals surface area contributed by atoms with Gasteiger partial charge in [-0.05, 0) is 37.1 Å². The standard InChI is InChI=1S/C22H22FN3O4/c23-17-8-2-4-10-19(17)30-14-21(27)26(12-15-6-5-11-29-15)13-20-24-18-9-3-1-7-16(18)22(28)25-20/h1-4,7-10,15H,5-6,11-14H2,(H,24,25,28)/t15-/m0/s1. The van der Waals surface area contributed by atoms with Crippen molar-refractivity contribution in [2.75, 3.05) is 19.8 Å². The Hall–Kier alpha value is -3.26. The lowest BCUT2D eigenvalue weighted by molar-refractivity contribution is -0.135. The van der Waals surface area contributed by atoms with Crippen LogP contribution in [-0.4, -0.2) is 46.6 Å². The highest BCUT2D eigenvalue weighted by atomic mass is 19.1. The third kappa shape index (κ3) is 4.65. The summed E-state index contributed by atoms with van der Waals surface area (Å²) in [6.45, 7) is 0.768. The summed E-state index contributed by atoms with van der Waals surface area (Å²) >= 11 is 0. The lowest BCUT2D eigenvalue weighted by Crippen LogP contribution is -2.40. The largest absolute Gasteiger partial charge is 0.481 e. The van der Waals surface area contributed by atoms with Gasteiger partial charge in [-0.2, -0.15) is 0 Å². The predicted octanol–water partition coefficient (Wildman–Crippen LogP) is 2.65. The minimum atomic E-state index is -0.531. The van der Waals surface area contributed by atoms with Crippen molar-refractivity contribution < 1.29 is 18.7 Å². The molecule has 1 aliphatic rings. The molecule has 2 aromatic carbocycles. The smallest absolute Gasteiger partial charge is 0.261 e. The molecular formula is C22H22FN3O4. The van der Waals surface area contributed by atoms with Crippen molar-refractivity contribution in [3.05, 3.63) is 70.5 Å². The zero-order valence-electron chi connectivity index (χ0n) is 16.3. The van der Waals surface area contributed by atoms with E-state index in [1.54, 1.807) is 36.4 Å².